The second kappa shape index (κ2) is 18.4. The molecule has 312 valence electrons. The number of aromatic nitrogens is 1. The monoisotopic (exact) mass is 833 g/mol. The van der Waals surface area contributed by atoms with Crippen LogP contribution in [-0.2, 0) is 31.8 Å². The van der Waals surface area contributed by atoms with Gasteiger partial charge in [-0.3, -0.25) is 34.3 Å². The minimum absolute atomic E-state index is 0.0406. The number of nitriles is 1. The molecule has 4 amide bonds. The van der Waals surface area contributed by atoms with Crippen LogP contribution in [0.2, 0.25) is 0 Å². The van der Waals surface area contributed by atoms with Gasteiger partial charge in [-0.1, -0.05) is 13.0 Å². The largest absolute Gasteiger partial charge is 0.492 e. The topological polar surface area (TPSA) is 172 Å². The van der Waals surface area contributed by atoms with Gasteiger partial charge in [-0.05, 0) is 106 Å². The number of rotatable bonds is 16. The minimum Gasteiger partial charge on any atom is -0.492 e. The van der Waals surface area contributed by atoms with Crippen LogP contribution in [0.15, 0.2) is 61.3 Å². The highest BCUT2D eigenvalue weighted by Gasteiger charge is 2.51. The molecule has 0 spiro atoms. The van der Waals surface area contributed by atoms with Crippen LogP contribution < -0.4 is 35.8 Å². The van der Waals surface area contributed by atoms with Crippen LogP contribution in [0.1, 0.15) is 56.0 Å². The van der Waals surface area contributed by atoms with E-state index in [9.17, 15) is 32.3 Å². The Morgan fingerprint density at radius 2 is 1.92 bits per heavy atom. The molecule has 4 N–H and O–H groups in total. The van der Waals surface area contributed by atoms with Crippen LogP contribution >= 0.6 is 12.2 Å². The van der Waals surface area contributed by atoms with Gasteiger partial charge in [-0.15, -0.1) is 6.58 Å². The molecule has 1 unspecified atom stereocenters. The highest BCUT2D eigenvalue weighted by atomic mass is 32.1. The van der Waals surface area contributed by atoms with Crippen LogP contribution in [0.5, 0.6) is 5.75 Å². The van der Waals surface area contributed by atoms with Crippen LogP contribution in [0, 0.1) is 18.3 Å². The highest BCUT2D eigenvalue weighted by Crippen LogP contribution is 2.40. The normalized spacial score (nSPS) is 17.1. The zero-order valence-electron chi connectivity index (χ0n) is 33.3. The Morgan fingerprint density at radius 3 is 2.58 bits per heavy atom. The Kier molecular flexibility index (Phi) is 13.8. The number of pyridine rings is 1. The number of hydrogen-bond donors (Lipinski definition) is 4. The van der Waals surface area contributed by atoms with Gasteiger partial charge < -0.3 is 25.6 Å². The maximum Gasteiger partial charge on any atom is 0.419 e. The molecule has 0 aliphatic carbocycles. The molecule has 2 saturated heterocycles. The maximum atomic E-state index is 13.7. The number of aryl methyl sites for hydroxylation is 2. The fraction of sp³-hybridized carbons (Fsp3) is 0.390. The van der Waals surface area contributed by atoms with E-state index in [1.807, 2.05) is 44.0 Å². The van der Waals surface area contributed by atoms with Crippen molar-refractivity contribution in [3.63, 3.8) is 0 Å². The average molecular weight is 834 g/mol. The van der Waals surface area contributed by atoms with Crippen molar-refractivity contribution in [3.8, 4) is 11.8 Å². The zero-order valence-corrected chi connectivity index (χ0v) is 34.1. The molecule has 3 heterocycles. The van der Waals surface area contributed by atoms with Crippen LogP contribution in [0.3, 0.4) is 0 Å². The number of alkyl halides is 3. The quantitative estimate of drug-likeness (QED) is 0.0655. The van der Waals surface area contributed by atoms with Gasteiger partial charge in [0.25, 0.3) is 5.91 Å². The molecule has 59 heavy (non-hydrogen) atoms. The number of halogens is 3. The average Bonchev–Trinajstić information content (AvgIpc) is 3.34. The molecule has 2 atom stereocenters. The third-order valence-corrected chi connectivity index (χ3v) is 10.2. The molecule has 3 aromatic rings. The van der Waals surface area contributed by atoms with Crippen molar-refractivity contribution in [3.05, 3.63) is 83.7 Å². The van der Waals surface area contributed by atoms with Crippen molar-refractivity contribution in [1.29, 1.82) is 5.26 Å². The standard InChI is InChI=1S/C41H46F3N9O5S/c1-7-25-17-29(53-39(59)52(38(57)40(53,4)5)30-19-31(41(42,43)44)33(20-45)47-21-30)9-11-34(25)58-14-13-46-26(8-2)22-51(6)23-36(55)49-28-16-24(3)15-27(18-28)48-32-10-12-35(54)50-37(32)56/h8-9,11,15-19,21,26,32,46,48H,2,7,10,12-14,22-23H2,1,3-6H3,(H,49,55)(H,50,54,56)/t26-,32?/m0/s1. The van der Waals surface area contributed by atoms with E-state index in [-0.39, 0.29) is 54.1 Å². The Morgan fingerprint density at radius 1 is 1.19 bits per heavy atom. The number of carbonyl (C=O) groups excluding carboxylic acids is 4. The maximum absolute atomic E-state index is 13.7. The number of piperidine rings is 1. The number of ether oxygens (including phenoxy) is 1. The molecule has 1 aromatic heterocycles. The van der Waals surface area contributed by atoms with Crippen molar-refractivity contribution in [2.45, 2.75) is 70.8 Å². The summed E-state index contributed by atoms with van der Waals surface area (Å²) in [5.74, 6) is -0.867. The fourth-order valence-electron chi connectivity index (χ4n) is 6.90. The summed E-state index contributed by atoms with van der Waals surface area (Å²) in [5.41, 5.74) is -0.0867. The molecule has 2 fully saturated rings. The lowest BCUT2D eigenvalue weighted by atomic mass is 10.0. The molecule has 0 bridgehead atoms. The number of anilines is 4. The Balaban J connectivity index is 1.14. The molecule has 2 aromatic carbocycles. The summed E-state index contributed by atoms with van der Waals surface area (Å²) in [5, 5.41) is 20.9. The van der Waals surface area contributed by atoms with E-state index in [4.69, 9.17) is 22.2 Å². The number of thiocarbonyl (C=S) groups is 1. The molecule has 2 aliphatic heterocycles. The first-order valence-electron chi connectivity index (χ1n) is 18.8. The van der Waals surface area contributed by atoms with Gasteiger partial charge in [0.05, 0.1) is 24.0 Å². The third kappa shape index (κ3) is 10.4. The number of carbonyl (C=O) groups is 4. The van der Waals surface area contributed by atoms with Crippen molar-refractivity contribution in [1.82, 2.24) is 20.5 Å². The Hall–Kier alpha value is -5.90. The summed E-state index contributed by atoms with van der Waals surface area (Å²) in [4.78, 5) is 58.4. The summed E-state index contributed by atoms with van der Waals surface area (Å²) in [6, 6.07) is 12.2. The SMILES string of the molecule is C=C[C@@H](CN(C)CC(=O)Nc1cc(C)cc(NC2CCC(=O)NC2=O)c1)NCCOc1ccc(N2C(=S)N(c3cnc(C#N)c(C(F)(F)F)c3)C(=O)C2(C)C)cc1CC. The van der Waals surface area contributed by atoms with Gasteiger partial charge >= 0.3 is 6.18 Å². The summed E-state index contributed by atoms with van der Waals surface area (Å²) in [6.45, 7) is 12.3. The molecular weight excluding hydrogens is 788 g/mol. The summed E-state index contributed by atoms with van der Waals surface area (Å²) in [7, 11) is 1.82. The second-order valence-corrected chi connectivity index (χ2v) is 15.2. The first kappa shape index (κ1) is 44.2. The van der Waals surface area contributed by atoms with Gasteiger partial charge in [-0.2, -0.15) is 18.4 Å². The zero-order chi connectivity index (χ0) is 43.2. The van der Waals surface area contributed by atoms with Crippen molar-refractivity contribution >= 4 is 63.7 Å². The number of benzene rings is 2. The first-order chi connectivity index (χ1) is 27.9. The highest BCUT2D eigenvalue weighted by molar-refractivity contribution is 7.81. The molecule has 5 rings (SSSR count). The number of nitrogens with zero attached hydrogens (tertiary/aromatic N) is 5. The molecule has 18 heteroatoms. The van der Waals surface area contributed by atoms with Crippen LogP contribution in [0.4, 0.5) is 35.9 Å². The van der Waals surface area contributed by atoms with Crippen LogP contribution in [0.25, 0.3) is 0 Å². The van der Waals surface area contributed by atoms with Gasteiger partial charge in [0, 0.05) is 42.6 Å². The number of amides is 4. The van der Waals surface area contributed by atoms with Crippen molar-refractivity contribution in [2.75, 3.05) is 53.7 Å². The lowest BCUT2D eigenvalue weighted by Crippen LogP contribution is -2.47. The van der Waals surface area contributed by atoms with E-state index in [1.54, 1.807) is 43.0 Å². The first-order valence-corrected chi connectivity index (χ1v) is 19.2. The van der Waals surface area contributed by atoms with Gasteiger partial charge in [0.1, 0.15) is 30.0 Å². The van der Waals surface area contributed by atoms with Gasteiger partial charge in [-0.25, -0.2) is 4.98 Å². The second-order valence-electron chi connectivity index (χ2n) is 14.8. The third-order valence-electron chi connectivity index (χ3n) is 9.81. The number of hydrogen-bond acceptors (Lipinski definition) is 11. The number of imide groups is 1. The lowest BCUT2D eigenvalue weighted by molar-refractivity contribution is -0.138. The van der Waals surface area contributed by atoms with E-state index in [0.717, 1.165) is 22.2 Å². The van der Waals surface area contributed by atoms with Crippen LogP contribution in [-0.4, -0.2) is 89.5 Å². The van der Waals surface area contributed by atoms with Gasteiger partial charge in [0.2, 0.25) is 17.7 Å². The number of likely N-dealkylation sites (N-methyl/N-ethyl adjacent to an activating group) is 1. The molecule has 2 aliphatic rings. The smallest absolute Gasteiger partial charge is 0.419 e. The minimum atomic E-state index is -4.87. The van der Waals surface area contributed by atoms with E-state index in [1.165, 1.54) is 6.07 Å². The Bertz CT molecular complexity index is 2190. The van der Waals surface area contributed by atoms with Crippen molar-refractivity contribution in [2.24, 2.45) is 0 Å². The summed E-state index contributed by atoms with van der Waals surface area (Å²) >= 11 is 5.67. The Labute approximate surface area is 345 Å². The van der Waals surface area contributed by atoms with E-state index >= 15 is 0 Å². The van der Waals surface area contributed by atoms with E-state index < -0.39 is 34.9 Å². The number of nitrogens with one attached hydrogen (secondary N) is 4. The van der Waals surface area contributed by atoms with E-state index in [0.29, 0.717) is 54.8 Å². The lowest BCUT2D eigenvalue weighted by Gasteiger charge is -2.30. The molecule has 0 radical (unpaired) electrons. The summed E-state index contributed by atoms with van der Waals surface area (Å²) in [6.07, 6.45) is -0.902. The molecule has 0 saturated carbocycles. The van der Waals surface area contributed by atoms with E-state index in [2.05, 4.69) is 32.8 Å². The molecule has 14 nitrogen and oxygen atoms in total. The van der Waals surface area contributed by atoms with Crippen molar-refractivity contribution < 1.29 is 37.1 Å². The fourth-order valence-corrected chi connectivity index (χ4v) is 7.43. The predicted octanol–water partition coefficient (Wildman–Crippen LogP) is 5.07. The summed E-state index contributed by atoms with van der Waals surface area (Å²) < 4.78 is 47.3. The predicted molar refractivity (Wildman–Crippen MR) is 221 cm³/mol. The molecular formula is C41H46F3N9O5S. The van der Waals surface area contributed by atoms with Gasteiger partial charge in [0.15, 0.2) is 10.8 Å².